The summed E-state index contributed by atoms with van der Waals surface area (Å²) in [6.07, 6.45) is 8.95. The number of carbonyl (C=O) groups excluding carboxylic acids is 1. The highest BCUT2D eigenvalue weighted by Gasteiger charge is 2.23. The third-order valence-electron chi connectivity index (χ3n) is 6.22. The number of nitrogens with one attached hydrogen (secondary N) is 1. The van der Waals surface area contributed by atoms with Crippen LogP contribution in [0.15, 0.2) is 53.3 Å². The van der Waals surface area contributed by atoms with Gasteiger partial charge in [0.25, 0.3) is 0 Å². The fourth-order valence-electron chi connectivity index (χ4n) is 4.41. The Kier molecular flexibility index (Phi) is 5.82. The number of hydrogen-bond acceptors (Lipinski definition) is 6. The minimum atomic E-state index is -1.14. The highest BCUT2D eigenvalue weighted by molar-refractivity contribution is 7.85. The predicted molar refractivity (Wildman–Crippen MR) is 133 cm³/mol. The van der Waals surface area contributed by atoms with Gasteiger partial charge in [0.15, 0.2) is 11.4 Å². The maximum Gasteiger partial charge on any atom is 0.219 e. The van der Waals surface area contributed by atoms with Crippen molar-refractivity contribution in [2.45, 2.75) is 25.8 Å². The van der Waals surface area contributed by atoms with Crippen molar-refractivity contribution in [1.82, 2.24) is 19.7 Å². The van der Waals surface area contributed by atoms with Gasteiger partial charge in [-0.05, 0) is 43.2 Å². The van der Waals surface area contributed by atoms with E-state index in [2.05, 4.69) is 14.8 Å². The minimum Gasteiger partial charge on any atom is -0.452 e. The maximum atomic E-state index is 11.6. The number of piperidine rings is 1. The molecule has 1 aliphatic rings. The highest BCUT2D eigenvalue weighted by Crippen LogP contribution is 2.37. The van der Waals surface area contributed by atoms with Crippen LogP contribution in [0.3, 0.4) is 0 Å². The Bertz CT molecular complexity index is 1370. The van der Waals surface area contributed by atoms with Gasteiger partial charge in [0.1, 0.15) is 16.7 Å². The number of hydrogen-bond donors (Lipinski definition) is 2. The van der Waals surface area contributed by atoms with Gasteiger partial charge >= 0.3 is 0 Å². The largest absolute Gasteiger partial charge is 0.452 e. The summed E-state index contributed by atoms with van der Waals surface area (Å²) in [6, 6.07) is 9.74. The lowest BCUT2D eigenvalue weighted by atomic mass is 10.0. The molecule has 4 heterocycles. The lowest BCUT2D eigenvalue weighted by Crippen LogP contribution is -2.37. The van der Waals surface area contributed by atoms with Crippen molar-refractivity contribution in [2.75, 3.05) is 29.8 Å². The molecule has 4 aromatic rings. The average Bonchev–Trinajstić information content (AvgIpc) is 3.48. The number of likely N-dealkylation sites (tertiary alicyclic amines) is 1. The third kappa shape index (κ3) is 4.28. The summed E-state index contributed by atoms with van der Waals surface area (Å²) in [5, 5.41) is 5.47. The first-order valence-electron chi connectivity index (χ1n) is 11.1. The smallest absolute Gasteiger partial charge is 0.219 e. The van der Waals surface area contributed by atoms with E-state index in [0.29, 0.717) is 17.2 Å². The number of nitrogens with two attached hydrogens (primary N) is 1. The van der Waals surface area contributed by atoms with Gasteiger partial charge in [0, 0.05) is 66.4 Å². The Morgan fingerprint density at radius 3 is 2.59 bits per heavy atom. The molecule has 1 atom stereocenters. The first-order chi connectivity index (χ1) is 16.4. The summed E-state index contributed by atoms with van der Waals surface area (Å²) in [4.78, 5) is 17.8. The third-order valence-corrected chi connectivity index (χ3v) is 6.74. The van der Waals surface area contributed by atoms with E-state index in [1.54, 1.807) is 19.4 Å². The molecule has 3 aromatic heterocycles. The zero-order chi connectivity index (χ0) is 23.8. The first-order valence-corrected chi connectivity index (χ1v) is 12.6. The van der Waals surface area contributed by atoms with Crippen LogP contribution in [0, 0.1) is 0 Å². The fourth-order valence-corrected chi connectivity index (χ4v) is 4.87. The number of nitrogens with zero attached hydrogens (tertiary/aromatic N) is 4. The minimum absolute atomic E-state index is 0.122. The topological polar surface area (TPSA) is 119 Å². The number of amides is 1. The van der Waals surface area contributed by atoms with E-state index in [-0.39, 0.29) is 11.9 Å². The Morgan fingerprint density at radius 2 is 1.91 bits per heavy atom. The molecule has 1 saturated heterocycles. The summed E-state index contributed by atoms with van der Waals surface area (Å²) in [5.74, 6) is 1.12. The Morgan fingerprint density at radius 1 is 1.18 bits per heavy atom. The number of aromatic nitrogens is 3. The highest BCUT2D eigenvalue weighted by atomic mass is 32.2. The van der Waals surface area contributed by atoms with Crippen LogP contribution in [0.25, 0.3) is 33.4 Å². The lowest BCUT2D eigenvalue weighted by molar-refractivity contribution is -0.130. The number of rotatable bonds is 5. The van der Waals surface area contributed by atoms with Gasteiger partial charge in [-0.3, -0.25) is 9.48 Å². The number of furan rings is 1. The number of fused-ring (bicyclic) bond motifs is 1. The van der Waals surface area contributed by atoms with Crippen molar-refractivity contribution in [3.8, 4) is 22.5 Å². The summed E-state index contributed by atoms with van der Waals surface area (Å²) < 4.78 is 22.3. The van der Waals surface area contributed by atoms with Crippen LogP contribution < -0.4 is 10.5 Å². The van der Waals surface area contributed by atoms with Crippen molar-refractivity contribution in [3.05, 3.63) is 48.9 Å². The predicted octanol–water partition coefficient (Wildman–Crippen LogP) is 3.83. The van der Waals surface area contributed by atoms with E-state index in [1.165, 1.54) is 0 Å². The van der Waals surface area contributed by atoms with Crippen LogP contribution in [0.4, 0.5) is 11.5 Å². The van der Waals surface area contributed by atoms with Gasteiger partial charge < -0.3 is 19.8 Å². The summed E-state index contributed by atoms with van der Waals surface area (Å²) in [5.41, 5.74) is 10.1. The maximum absolute atomic E-state index is 11.6. The Labute approximate surface area is 199 Å². The Balaban J connectivity index is 1.44. The van der Waals surface area contributed by atoms with Gasteiger partial charge in [0.2, 0.25) is 5.91 Å². The van der Waals surface area contributed by atoms with Crippen LogP contribution in [0.1, 0.15) is 25.8 Å². The summed E-state index contributed by atoms with van der Waals surface area (Å²) in [7, 11) is -1.14. The second kappa shape index (κ2) is 8.94. The van der Waals surface area contributed by atoms with Crippen molar-refractivity contribution < 1.29 is 13.4 Å². The van der Waals surface area contributed by atoms with Crippen molar-refractivity contribution in [3.63, 3.8) is 0 Å². The quantitative estimate of drug-likeness (QED) is 0.450. The van der Waals surface area contributed by atoms with Crippen LogP contribution >= 0.6 is 0 Å². The number of benzene rings is 1. The van der Waals surface area contributed by atoms with E-state index >= 15 is 0 Å². The molecule has 0 spiro atoms. The molecule has 5 rings (SSSR count). The second-order valence-electron chi connectivity index (χ2n) is 8.49. The zero-order valence-corrected chi connectivity index (χ0v) is 19.8. The van der Waals surface area contributed by atoms with Gasteiger partial charge in [-0.15, -0.1) is 0 Å². The molecule has 0 aliphatic carbocycles. The number of anilines is 2. The van der Waals surface area contributed by atoms with E-state index in [0.717, 1.165) is 53.7 Å². The molecule has 0 bridgehead atoms. The monoisotopic (exact) mass is 478 g/mol. The molecule has 34 heavy (non-hydrogen) atoms. The van der Waals surface area contributed by atoms with E-state index in [1.807, 2.05) is 52.3 Å². The molecule has 1 amide bonds. The summed E-state index contributed by atoms with van der Waals surface area (Å²) in [6.45, 7) is 3.11. The van der Waals surface area contributed by atoms with Gasteiger partial charge in [-0.25, -0.2) is 9.19 Å². The van der Waals surface area contributed by atoms with Crippen molar-refractivity contribution in [1.29, 1.82) is 0 Å². The average molecular weight is 479 g/mol. The van der Waals surface area contributed by atoms with Crippen LogP contribution in [-0.4, -0.2) is 49.1 Å². The van der Waals surface area contributed by atoms with E-state index in [4.69, 9.17) is 10.2 Å². The fraction of sp³-hybridized carbons (Fsp3) is 0.292. The molecular weight excluding hydrogens is 452 g/mol. The van der Waals surface area contributed by atoms with Crippen molar-refractivity contribution in [2.24, 2.45) is 0 Å². The van der Waals surface area contributed by atoms with E-state index < -0.39 is 11.0 Å². The molecule has 3 N–H and O–H groups in total. The molecule has 1 fully saturated rings. The first kappa shape index (κ1) is 22.1. The molecular formula is C24H26N6O3S. The van der Waals surface area contributed by atoms with Gasteiger partial charge in [-0.2, -0.15) is 5.10 Å². The van der Waals surface area contributed by atoms with Crippen LogP contribution in [0.2, 0.25) is 0 Å². The molecule has 9 nitrogen and oxygen atoms in total. The second-order valence-corrected chi connectivity index (χ2v) is 9.60. The number of carbonyl (C=O) groups is 1. The molecule has 0 radical (unpaired) electrons. The van der Waals surface area contributed by atoms with Crippen molar-refractivity contribution >= 4 is 39.4 Å². The van der Waals surface area contributed by atoms with E-state index in [9.17, 15) is 9.00 Å². The number of pyridine rings is 1. The molecule has 1 unspecified atom stereocenters. The standard InChI is InChI=1S/C24H26N6O3S/c1-15(31)29-9-7-19(8-10-29)30-14-17(12-27-30)21-13-26-24(25)23-20(21)11-22(33-23)16-3-5-18(6-4-16)28-34(2)32/h3-6,11-14,19,28H,7-10H2,1-2H3,(H2,25,26). The normalized spacial score (nSPS) is 15.5. The lowest BCUT2D eigenvalue weighted by Gasteiger charge is -2.31. The zero-order valence-electron chi connectivity index (χ0n) is 19.0. The SMILES string of the molecule is CC(=O)N1CCC(n2cc(-c3cnc(N)c4oc(-c5ccc(NS(C)=O)cc5)cc34)cn2)CC1. The molecule has 1 aliphatic heterocycles. The van der Waals surface area contributed by atoms with Crippen LogP contribution in [0.5, 0.6) is 0 Å². The van der Waals surface area contributed by atoms with Gasteiger partial charge in [0.05, 0.1) is 12.2 Å². The molecule has 10 heteroatoms. The number of nitrogen functional groups attached to an aromatic ring is 1. The molecule has 176 valence electrons. The molecule has 0 saturated carbocycles. The summed E-state index contributed by atoms with van der Waals surface area (Å²) >= 11 is 0. The van der Waals surface area contributed by atoms with Gasteiger partial charge in [-0.1, -0.05) is 0 Å². The van der Waals surface area contributed by atoms with Crippen LogP contribution in [-0.2, 0) is 15.8 Å². The Hall–Kier alpha value is -3.66. The molecule has 1 aromatic carbocycles.